The number of carbonyl (C=O) groups is 3. The molecule has 0 aliphatic carbocycles. The van der Waals surface area contributed by atoms with Crippen molar-refractivity contribution in [1.29, 1.82) is 0 Å². The number of carboxylic acid groups (broad SMARTS) is 1. The van der Waals surface area contributed by atoms with Gasteiger partial charge in [0.05, 0.1) is 34.4 Å². The van der Waals surface area contributed by atoms with Crippen molar-refractivity contribution in [2.45, 2.75) is 174 Å². The molecule has 0 saturated carbocycles. The maximum atomic E-state index is 12.8. The lowest BCUT2D eigenvalue weighted by Gasteiger charge is -2.31. The smallest absolute Gasteiger partial charge is 0.362 e. The third kappa shape index (κ3) is 44.7. The first kappa shape index (κ1) is 61.5. The van der Waals surface area contributed by atoms with E-state index in [1.165, 1.54) is 0 Å². The number of nitrogens with zero attached hydrogens (tertiary/aromatic N) is 1. The molecule has 0 rings (SSSR count). The van der Waals surface area contributed by atoms with Crippen LogP contribution in [0.1, 0.15) is 162 Å². The van der Waals surface area contributed by atoms with Crippen molar-refractivity contribution in [3.8, 4) is 0 Å². The molecule has 0 spiro atoms. The van der Waals surface area contributed by atoms with Gasteiger partial charge in [-0.3, -0.25) is 9.59 Å². The van der Waals surface area contributed by atoms with E-state index in [4.69, 9.17) is 14.2 Å². The van der Waals surface area contributed by atoms with Crippen molar-refractivity contribution in [3.63, 3.8) is 0 Å². The van der Waals surface area contributed by atoms with E-state index < -0.39 is 18.1 Å². The number of esters is 2. The highest BCUT2D eigenvalue weighted by Crippen LogP contribution is 2.12. The van der Waals surface area contributed by atoms with Gasteiger partial charge in [0.1, 0.15) is 6.61 Å². The van der Waals surface area contributed by atoms with Crippen LogP contribution in [0.2, 0.25) is 0 Å². The summed E-state index contributed by atoms with van der Waals surface area (Å²) in [5.74, 6) is -1.56. The normalized spacial score (nSPS) is 14.0. The Kier molecular flexibility index (Phi) is 43.8. The van der Waals surface area contributed by atoms with Gasteiger partial charge >= 0.3 is 17.9 Å². The lowest BCUT2D eigenvalue weighted by atomic mass is 10.1. The van der Waals surface area contributed by atoms with Gasteiger partial charge in [-0.15, -0.1) is 0 Å². The standard InChI is InChI=1S/C58H91NO7/c1-6-8-10-12-14-16-18-20-22-24-26-28-29-31-33-35-37-39-41-43-45-47-49-57(61)66-54(52-64-51-50-55(58(62)63)59(3,4)5)53-65-56(60)48-46-44-42-40-38-36-34-32-30-27-25-23-21-19-17-15-13-11-9-7-2/h8-11,14-17,20-23,26-28,30-31,33-34,36-37,39,54-55H,6-7,12-13,18-19,24-25,29,32,35,38,40-53H2,1-5H3/p+1/b10-8+,11-9+,16-14+,17-15+,22-20+,23-21+,28-26+,30-27+,33-31+,36-34+,39-37+. The van der Waals surface area contributed by atoms with Gasteiger partial charge in [0.25, 0.3) is 0 Å². The second-order valence-corrected chi connectivity index (χ2v) is 17.3. The summed E-state index contributed by atoms with van der Waals surface area (Å²) in [5, 5.41) is 9.66. The van der Waals surface area contributed by atoms with Crippen LogP contribution in [-0.4, -0.2) is 80.6 Å². The highest BCUT2D eigenvalue weighted by atomic mass is 16.6. The van der Waals surface area contributed by atoms with Crippen LogP contribution in [0.4, 0.5) is 0 Å². The van der Waals surface area contributed by atoms with Crippen molar-refractivity contribution in [3.05, 3.63) is 134 Å². The Balaban J connectivity index is 4.43. The van der Waals surface area contributed by atoms with E-state index in [1.54, 1.807) is 0 Å². The number of rotatable bonds is 43. The molecular formula is C58H92NO7+. The van der Waals surface area contributed by atoms with Gasteiger partial charge in [-0.2, -0.15) is 0 Å². The highest BCUT2D eigenvalue weighted by Gasteiger charge is 2.31. The number of ether oxygens (including phenoxy) is 3. The molecule has 66 heavy (non-hydrogen) atoms. The lowest BCUT2D eigenvalue weighted by Crippen LogP contribution is -2.50. The minimum atomic E-state index is -0.891. The minimum Gasteiger partial charge on any atom is -0.477 e. The van der Waals surface area contributed by atoms with Crippen LogP contribution in [0, 0.1) is 0 Å². The quantitative estimate of drug-likeness (QED) is 0.0281. The predicted molar refractivity (Wildman–Crippen MR) is 279 cm³/mol. The lowest BCUT2D eigenvalue weighted by molar-refractivity contribution is -0.887. The number of hydrogen-bond donors (Lipinski definition) is 1. The Morgan fingerprint density at radius 1 is 0.455 bits per heavy atom. The maximum absolute atomic E-state index is 12.8. The van der Waals surface area contributed by atoms with Gasteiger partial charge in [-0.05, 0) is 109 Å². The number of unbranched alkanes of at least 4 members (excludes halogenated alkanes) is 7. The predicted octanol–water partition coefficient (Wildman–Crippen LogP) is 14.7. The van der Waals surface area contributed by atoms with Gasteiger partial charge in [-0.25, -0.2) is 4.79 Å². The van der Waals surface area contributed by atoms with Crippen LogP contribution in [-0.2, 0) is 28.6 Å². The summed E-state index contributed by atoms with van der Waals surface area (Å²) in [6.07, 6.45) is 67.8. The Morgan fingerprint density at radius 2 is 0.803 bits per heavy atom. The highest BCUT2D eigenvalue weighted by molar-refractivity contribution is 5.72. The molecule has 0 fully saturated rings. The third-order valence-corrected chi connectivity index (χ3v) is 10.3. The van der Waals surface area contributed by atoms with Crippen molar-refractivity contribution >= 4 is 17.9 Å². The zero-order chi connectivity index (χ0) is 48.4. The van der Waals surface area contributed by atoms with Crippen molar-refractivity contribution < 1.29 is 38.2 Å². The molecule has 0 aromatic rings. The SMILES string of the molecule is CC/C=C/C/C=C/C/C=C/C/C=C/C/C=C/C/C=C/CCCCCC(=O)OC(COCCC(C(=O)O)[N+](C)(C)C)COC(=O)CCCCCC/C=C/C/C=C/C/C=C/C/C=C/C/C=C/CC. The molecule has 0 heterocycles. The van der Waals surface area contributed by atoms with Crippen LogP contribution in [0.15, 0.2) is 134 Å². The Hall–Kier alpha value is -4.53. The molecule has 8 heteroatoms. The first-order chi connectivity index (χ1) is 32.1. The van der Waals surface area contributed by atoms with Crippen molar-refractivity contribution in [2.24, 2.45) is 0 Å². The number of allylic oxidation sites excluding steroid dienone is 22. The topological polar surface area (TPSA) is 99.1 Å². The van der Waals surface area contributed by atoms with Gasteiger partial charge < -0.3 is 23.8 Å². The summed E-state index contributed by atoms with van der Waals surface area (Å²) in [6.45, 7) is 4.42. The second kappa shape index (κ2) is 47.0. The average molecular weight is 915 g/mol. The van der Waals surface area contributed by atoms with Crippen molar-refractivity contribution in [2.75, 3.05) is 41.0 Å². The van der Waals surface area contributed by atoms with E-state index in [0.717, 1.165) is 122 Å². The third-order valence-electron chi connectivity index (χ3n) is 10.3. The zero-order valence-corrected chi connectivity index (χ0v) is 42.1. The van der Waals surface area contributed by atoms with Crippen LogP contribution < -0.4 is 0 Å². The number of carboxylic acids is 1. The minimum absolute atomic E-state index is 0.0288. The van der Waals surface area contributed by atoms with E-state index in [-0.39, 0.29) is 42.7 Å². The van der Waals surface area contributed by atoms with E-state index in [0.29, 0.717) is 19.3 Å². The largest absolute Gasteiger partial charge is 0.477 e. The number of likely N-dealkylation sites (N-methyl/N-ethyl adjacent to an activating group) is 1. The van der Waals surface area contributed by atoms with E-state index in [1.807, 2.05) is 21.1 Å². The fourth-order valence-corrected chi connectivity index (χ4v) is 6.47. The Bertz CT molecular complexity index is 1530. The molecule has 0 amide bonds. The molecule has 0 aliphatic rings. The summed E-state index contributed by atoms with van der Waals surface area (Å²) in [7, 11) is 5.50. The Morgan fingerprint density at radius 3 is 1.18 bits per heavy atom. The molecule has 0 saturated heterocycles. The first-order valence-electron chi connectivity index (χ1n) is 25.2. The fourth-order valence-electron chi connectivity index (χ4n) is 6.47. The van der Waals surface area contributed by atoms with E-state index in [9.17, 15) is 19.5 Å². The van der Waals surface area contributed by atoms with Gasteiger partial charge in [0.15, 0.2) is 12.1 Å². The molecule has 0 aromatic heterocycles. The molecular weight excluding hydrogens is 823 g/mol. The summed E-state index contributed by atoms with van der Waals surface area (Å²) >= 11 is 0. The molecule has 2 unspecified atom stereocenters. The molecule has 370 valence electrons. The molecule has 1 N–H and O–H groups in total. The van der Waals surface area contributed by atoms with Gasteiger partial charge in [0, 0.05) is 19.3 Å². The van der Waals surface area contributed by atoms with Crippen LogP contribution in [0.3, 0.4) is 0 Å². The molecule has 0 bridgehead atoms. The van der Waals surface area contributed by atoms with Crippen LogP contribution in [0.25, 0.3) is 0 Å². The average Bonchev–Trinajstić information content (AvgIpc) is 3.28. The maximum Gasteiger partial charge on any atom is 0.362 e. The van der Waals surface area contributed by atoms with Gasteiger partial charge in [0.2, 0.25) is 0 Å². The number of quaternary nitrogens is 1. The molecule has 0 aliphatic heterocycles. The monoisotopic (exact) mass is 915 g/mol. The van der Waals surface area contributed by atoms with Crippen LogP contribution >= 0.6 is 0 Å². The molecule has 2 atom stereocenters. The summed E-state index contributed by atoms with van der Waals surface area (Å²) in [4.78, 5) is 37.2. The molecule has 0 aromatic carbocycles. The van der Waals surface area contributed by atoms with Crippen LogP contribution in [0.5, 0.6) is 0 Å². The Labute approximate surface area is 403 Å². The first-order valence-corrected chi connectivity index (χ1v) is 25.2. The number of hydrogen-bond acceptors (Lipinski definition) is 6. The zero-order valence-electron chi connectivity index (χ0n) is 42.1. The fraction of sp³-hybridized carbons (Fsp3) is 0.569. The number of carbonyl (C=O) groups excluding carboxylic acids is 2. The summed E-state index contributed by atoms with van der Waals surface area (Å²) < 4.78 is 17.3. The molecule has 0 radical (unpaired) electrons. The summed E-state index contributed by atoms with van der Waals surface area (Å²) in [6, 6.07) is -0.635. The summed E-state index contributed by atoms with van der Waals surface area (Å²) in [5.41, 5.74) is 0. The van der Waals surface area contributed by atoms with Gasteiger partial charge in [-0.1, -0.05) is 167 Å². The van der Waals surface area contributed by atoms with Crippen molar-refractivity contribution in [1.82, 2.24) is 0 Å². The molecule has 8 nitrogen and oxygen atoms in total. The second-order valence-electron chi connectivity index (χ2n) is 17.3. The number of aliphatic carboxylic acids is 1. The van der Waals surface area contributed by atoms with E-state index in [2.05, 4.69) is 148 Å². The van der Waals surface area contributed by atoms with E-state index >= 15 is 0 Å².